The van der Waals surface area contributed by atoms with E-state index in [4.69, 9.17) is 0 Å². The lowest BCUT2D eigenvalue weighted by Crippen LogP contribution is -2.52. The minimum atomic E-state index is 0.0521. The molecule has 0 radical (unpaired) electrons. The van der Waals surface area contributed by atoms with Crippen LogP contribution in [0.3, 0.4) is 0 Å². The van der Waals surface area contributed by atoms with E-state index < -0.39 is 0 Å². The van der Waals surface area contributed by atoms with E-state index in [-0.39, 0.29) is 6.04 Å². The highest BCUT2D eigenvalue weighted by molar-refractivity contribution is 5.82. The summed E-state index contributed by atoms with van der Waals surface area (Å²) in [5.74, 6) is 1.07. The number of carbonyl (C=O) groups is 1. The molecule has 1 saturated heterocycles. The number of likely N-dealkylation sites (tertiary alicyclic amines) is 1. The van der Waals surface area contributed by atoms with Gasteiger partial charge in [0.15, 0.2) is 0 Å². The number of piperidine rings is 1. The average Bonchev–Trinajstić information content (AvgIpc) is 2.28. The van der Waals surface area contributed by atoms with E-state index >= 15 is 0 Å². The number of rotatable bonds is 6. The Hall–Kier alpha value is -0.570. The normalized spacial score (nSPS) is 23.2. The van der Waals surface area contributed by atoms with Gasteiger partial charge in [0.25, 0.3) is 0 Å². The minimum Gasteiger partial charge on any atom is -0.339 e. The molecule has 0 spiro atoms. The van der Waals surface area contributed by atoms with Crippen molar-refractivity contribution in [1.29, 1.82) is 0 Å². The molecule has 0 aromatic rings. The maximum absolute atomic E-state index is 12.2. The van der Waals surface area contributed by atoms with Crippen molar-refractivity contribution in [1.82, 2.24) is 10.2 Å². The zero-order chi connectivity index (χ0) is 12.8. The van der Waals surface area contributed by atoms with E-state index in [9.17, 15) is 4.79 Å². The Balaban J connectivity index is 2.39. The van der Waals surface area contributed by atoms with Gasteiger partial charge in [-0.15, -0.1) is 0 Å². The lowest BCUT2D eigenvalue weighted by atomic mass is 9.99. The summed E-state index contributed by atoms with van der Waals surface area (Å²) in [6.45, 7) is 7.65. The smallest absolute Gasteiger partial charge is 0.239 e. The monoisotopic (exact) mass is 240 g/mol. The summed E-state index contributed by atoms with van der Waals surface area (Å²) < 4.78 is 0. The molecule has 0 aliphatic carbocycles. The Bertz CT molecular complexity index is 240. The van der Waals surface area contributed by atoms with Gasteiger partial charge >= 0.3 is 0 Å². The lowest BCUT2D eigenvalue weighted by Gasteiger charge is -2.36. The molecule has 3 heteroatoms. The summed E-state index contributed by atoms with van der Waals surface area (Å²) >= 11 is 0. The lowest BCUT2D eigenvalue weighted by molar-refractivity contribution is -0.138. The summed E-state index contributed by atoms with van der Waals surface area (Å²) in [5.41, 5.74) is 0. The summed E-state index contributed by atoms with van der Waals surface area (Å²) in [4.78, 5) is 14.2. The van der Waals surface area contributed by atoms with Crippen molar-refractivity contribution in [2.75, 3.05) is 13.6 Å². The number of hydrogen-bond donors (Lipinski definition) is 1. The fourth-order valence-electron chi connectivity index (χ4n) is 2.58. The highest BCUT2D eigenvalue weighted by Gasteiger charge is 2.29. The molecular formula is C14H28N2O. The quantitative estimate of drug-likeness (QED) is 0.773. The van der Waals surface area contributed by atoms with Gasteiger partial charge in [-0.2, -0.15) is 0 Å². The SMILES string of the molecule is CNC1CCCN(C(C)CCCC(C)C)C1=O. The zero-order valence-electron chi connectivity index (χ0n) is 11.8. The van der Waals surface area contributed by atoms with Crippen LogP contribution in [0.4, 0.5) is 0 Å². The Morgan fingerprint density at radius 1 is 1.35 bits per heavy atom. The third kappa shape index (κ3) is 4.30. The van der Waals surface area contributed by atoms with Crippen LogP contribution in [0.15, 0.2) is 0 Å². The van der Waals surface area contributed by atoms with Crippen molar-refractivity contribution in [3.8, 4) is 0 Å². The van der Waals surface area contributed by atoms with Gasteiger partial charge < -0.3 is 10.2 Å². The molecule has 1 fully saturated rings. The molecule has 100 valence electrons. The van der Waals surface area contributed by atoms with Crippen LogP contribution in [0.2, 0.25) is 0 Å². The summed E-state index contributed by atoms with van der Waals surface area (Å²) in [6, 6.07) is 0.452. The Morgan fingerprint density at radius 2 is 2.06 bits per heavy atom. The second kappa shape index (κ2) is 7.00. The van der Waals surface area contributed by atoms with E-state index in [0.29, 0.717) is 11.9 Å². The second-order valence-electron chi connectivity index (χ2n) is 5.69. The average molecular weight is 240 g/mol. The summed E-state index contributed by atoms with van der Waals surface area (Å²) in [7, 11) is 1.88. The van der Waals surface area contributed by atoms with Crippen LogP contribution in [0.25, 0.3) is 0 Å². The van der Waals surface area contributed by atoms with Gasteiger partial charge in [-0.05, 0) is 39.2 Å². The molecule has 1 rings (SSSR count). The molecule has 1 aliphatic rings. The molecule has 0 bridgehead atoms. The standard InChI is InChI=1S/C14H28N2O/c1-11(2)7-5-8-12(3)16-10-6-9-13(15-4)14(16)17/h11-13,15H,5-10H2,1-4H3. The van der Waals surface area contributed by atoms with Crippen LogP contribution in [0.1, 0.15) is 52.9 Å². The predicted molar refractivity (Wildman–Crippen MR) is 71.9 cm³/mol. The molecule has 1 amide bonds. The molecule has 0 saturated carbocycles. The molecule has 0 aromatic heterocycles. The fraction of sp³-hybridized carbons (Fsp3) is 0.929. The van der Waals surface area contributed by atoms with Crippen molar-refractivity contribution in [2.45, 2.75) is 65.0 Å². The second-order valence-corrected chi connectivity index (χ2v) is 5.69. The highest BCUT2D eigenvalue weighted by Crippen LogP contribution is 2.18. The number of nitrogens with one attached hydrogen (secondary N) is 1. The van der Waals surface area contributed by atoms with E-state index in [2.05, 4.69) is 31.0 Å². The van der Waals surface area contributed by atoms with Gasteiger partial charge in [0.05, 0.1) is 6.04 Å². The number of carbonyl (C=O) groups excluding carboxylic acids is 1. The molecule has 17 heavy (non-hydrogen) atoms. The zero-order valence-corrected chi connectivity index (χ0v) is 11.8. The molecule has 1 aliphatic heterocycles. The fourth-order valence-corrected chi connectivity index (χ4v) is 2.58. The Labute approximate surface area is 106 Å². The first-order chi connectivity index (χ1) is 8.06. The molecule has 1 heterocycles. The van der Waals surface area contributed by atoms with Crippen molar-refractivity contribution in [3.63, 3.8) is 0 Å². The number of hydrogen-bond acceptors (Lipinski definition) is 2. The third-order valence-corrected chi connectivity index (χ3v) is 3.76. The van der Waals surface area contributed by atoms with Gasteiger partial charge in [0.1, 0.15) is 0 Å². The number of nitrogens with zero attached hydrogens (tertiary/aromatic N) is 1. The summed E-state index contributed by atoms with van der Waals surface area (Å²) in [5, 5.41) is 3.12. The predicted octanol–water partition coefficient (Wildman–Crippen LogP) is 2.41. The topological polar surface area (TPSA) is 32.3 Å². The van der Waals surface area contributed by atoms with Crippen molar-refractivity contribution in [2.24, 2.45) is 5.92 Å². The van der Waals surface area contributed by atoms with Gasteiger partial charge in [-0.3, -0.25) is 4.79 Å². The van der Waals surface area contributed by atoms with Crippen molar-refractivity contribution >= 4 is 5.91 Å². The first kappa shape index (κ1) is 14.5. The highest BCUT2D eigenvalue weighted by atomic mass is 16.2. The summed E-state index contributed by atoms with van der Waals surface area (Å²) in [6.07, 6.45) is 5.76. The molecule has 2 atom stereocenters. The molecular weight excluding hydrogens is 212 g/mol. The van der Waals surface area contributed by atoms with Gasteiger partial charge in [-0.25, -0.2) is 0 Å². The molecule has 2 unspecified atom stereocenters. The third-order valence-electron chi connectivity index (χ3n) is 3.76. The van der Waals surface area contributed by atoms with Crippen molar-refractivity contribution in [3.05, 3.63) is 0 Å². The van der Waals surface area contributed by atoms with E-state index in [1.807, 2.05) is 7.05 Å². The van der Waals surface area contributed by atoms with Gasteiger partial charge in [0, 0.05) is 12.6 Å². The largest absolute Gasteiger partial charge is 0.339 e. The maximum atomic E-state index is 12.2. The first-order valence-corrected chi connectivity index (χ1v) is 7.04. The molecule has 1 N–H and O–H groups in total. The van der Waals surface area contributed by atoms with Crippen LogP contribution in [-0.4, -0.2) is 36.5 Å². The van der Waals surface area contributed by atoms with Crippen molar-refractivity contribution < 1.29 is 4.79 Å². The molecule has 3 nitrogen and oxygen atoms in total. The number of amides is 1. The van der Waals surface area contributed by atoms with Crippen LogP contribution >= 0.6 is 0 Å². The van der Waals surface area contributed by atoms with E-state index in [1.165, 1.54) is 12.8 Å². The van der Waals surface area contributed by atoms with Crippen LogP contribution < -0.4 is 5.32 Å². The van der Waals surface area contributed by atoms with E-state index in [0.717, 1.165) is 31.7 Å². The van der Waals surface area contributed by atoms with Crippen LogP contribution in [0.5, 0.6) is 0 Å². The Kier molecular flexibility index (Phi) is 5.96. The maximum Gasteiger partial charge on any atom is 0.239 e. The number of likely N-dealkylation sites (N-methyl/N-ethyl adjacent to an activating group) is 1. The first-order valence-electron chi connectivity index (χ1n) is 7.04. The van der Waals surface area contributed by atoms with Crippen LogP contribution in [-0.2, 0) is 4.79 Å². The van der Waals surface area contributed by atoms with Gasteiger partial charge in [0.2, 0.25) is 5.91 Å². The van der Waals surface area contributed by atoms with Gasteiger partial charge in [-0.1, -0.05) is 26.7 Å². The molecule has 0 aromatic carbocycles. The minimum absolute atomic E-state index is 0.0521. The Morgan fingerprint density at radius 3 is 2.65 bits per heavy atom. The van der Waals surface area contributed by atoms with Crippen LogP contribution in [0, 0.1) is 5.92 Å². The van der Waals surface area contributed by atoms with E-state index in [1.54, 1.807) is 0 Å².